The predicted octanol–water partition coefficient (Wildman–Crippen LogP) is -0.531. The number of hydrogen-bond acceptors (Lipinski definition) is 5. The van der Waals surface area contributed by atoms with Crippen LogP contribution in [0.1, 0.15) is 6.42 Å². The van der Waals surface area contributed by atoms with Crippen molar-refractivity contribution >= 4 is 29.4 Å². The highest BCUT2D eigenvalue weighted by atomic mass is 16.5. The number of nitrogens with one attached hydrogen (secondary N) is 2. The number of anilines is 1. The SMILES string of the molecule is COc1ccccc1N1CCN(C(=O)C[C@@H]2NC(=O)NC2=O)CC1=O. The minimum Gasteiger partial charge on any atom is -0.495 e. The number of benzene rings is 1. The first kappa shape index (κ1) is 16.7. The zero-order valence-corrected chi connectivity index (χ0v) is 13.7. The first-order chi connectivity index (χ1) is 12.0. The van der Waals surface area contributed by atoms with Gasteiger partial charge in [-0.3, -0.25) is 19.7 Å². The maximum atomic E-state index is 12.5. The average molecular weight is 346 g/mol. The summed E-state index contributed by atoms with van der Waals surface area (Å²) in [5, 5.41) is 4.45. The molecule has 132 valence electrons. The summed E-state index contributed by atoms with van der Waals surface area (Å²) in [6, 6.07) is 5.67. The van der Waals surface area contributed by atoms with Gasteiger partial charge in [0, 0.05) is 13.1 Å². The standard InChI is InChI=1S/C16H18N4O5/c1-25-12-5-3-2-4-11(12)20-7-6-19(9-14(20)22)13(21)8-10-15(23)18-16(24)17-10/h2-5,10H,6-9H2,1H3,(H2,17,18,23,24)/t10-/m0/s1. The van der Waals surface area contributed by atoms with Crippen LogP contribution in [0.2, 0.25) is 0 Å². The number of rotatable bonds is 4. The number of hydrogen-bond donors (Lipinski definition) is 2. The summed E-state index contributed by atoms with van der Waals surface area (Å²) in [5.41, 5.74) is 0.657. The molecular formula is C16H18N4O5. The van der Waals surface area contributed by atoms with Crippen LogP contribution in [-0.2, 0) is 14.4 Å². The normalized spacial score (nSPS) is 20.4. The van der Waals surface area contributed by atoms with Crippen molar-refractivity contribution in [1.82, 2.24) is 15.5 Å². The number of imide groups is 1. The van der Waals surface area contributed by atoms with Crippen molar-refractivity contribution in [3.63, 3.8) is 0 Å². The van der Waals surface area contributed by atoms with Gasteiger partial charge in [-0.25, -0.2) is 4.79 Å². The molecule has 1 aromatic rings. The summed E-state index contributed by atoms with van der Waals surface area (Å²) < 4.78 is 5.27. The highest BCUT2D eigenvalue weighted by Crippen LogP contribution is 2.28. The molecule has 0 aromatic heterocycles. The minimum atomic E-state index is -0.887. The monoisotopic (exact) mass is 346 g/mol. The molecule has 2 fully saturated rings. The zero-order valence-electron chi connectivity index (χ0n) is 13.7. The van der Waals surface area contributed by atoms with Gasteiger partial charge in [-0.1, -0.05) is 12.1 Å². The van der Waals surface area contributed by atoms with Crippen molar-refractivity contribution in [3.05, 3.63) is 24.3 Å². The topological polar surface area (TPSA) is 108 Å². The van der Waals surface area contributed by atoms with E-state index in [1.165, 1.54) is 12.0 Å². The maximum absolute atomic E-state index is 12.5. The quantitative estimate of drug-likeness (QED) is 0.713. The molecule has 25 heavy (non-hydrogen) atoms. The molecule has 0 saturated carbocycles. The number of para-hydroxylation sites is 2. The van der Waals surface area contributed by atoms with Gasteiger partial charge in [0.15, 0.2) is 0 Å². The maximum Gasteiger partial charge on any atom is 0.322 e. The Morgan fingerprint density at radius 3 is 2.64 bits per heavy atom. The van der Waals surface area contributed by atoms with Crippen LogP contribution < -0.4 is 20.3 Å². The number of methoxy groups -OCH3 is 1. The molecule has 0 spiro atoms. The molecule has 2 aliphatic rings. The number of amides is 5. The summed E-state index contributed by atoms with van der Waals surface area (Å²) in [6.07, 6.45) is -0.167. The largest absolute Gasteiger partial charge is 0.495 e. The molecule has 0 aliphatic carbocycles. The molecule has 5 amide bonds. The molecule has 9 nitrogen and oxygen atoms in total. The van der Waals surface area contributed by atoms with Gasteiger partial charge in [-0.15, -0.1) is 0 Å². The van der Waals surface area contributed by atoms with Crippen LogP contribution in [0.4, 0.5) is 10.5 Å². The third kappa shape index (κ3) is 3.39. The molecule has 2 N–H and O–H groups in total. The van der Waals surface area contributed by atoms with Crippen LogP contribution in [0.25, 0.3) is 0 Å². The molecule has 2 heterocycles. The third-order valence-electron chi connectivity index (χ3n) is 4.19. The molecule has 0 radical (unpaired) electrons. The Bertz CT molecular complexity index is 735. The second kappa shape index (κ2) is 6.80. The van der Waals surface area contributed by atoms with E-state index >= 15 is 0 Å². The van der Waals surface area contributed by atoms with Gasteiger partial charge in [0.25, 0.3) is 5.91 Å². The van der Waals surface area contributed by atoms with Crippen molar-refractivity contribution in [2.75, 3.05) is 31.6 Å². The van der Waals surface area contributed by atoms with Crippen LogP contribution in [0, 0.1) is 0 Å². The van der Waals surface area contributed by atoms with Gasteiger partial charge in [0.05, 0.1) is 19.2 Å². The molecular weight excluding hydrogens is 328 g/mol. The summed E-state index contributed by atoms with van der Waals surface area (Å²) in [6.45, 7) is 0.582. The van der Waals surface area contributed by atoms with Crippen molar-refractivity contribution in [1.29, 1.82) is 0 Å². The Labute approximate surface area is 143 Å². The van der Waals surface area contributed by atoms with E-state index in [2.05, 4.69) is 10.6 Å². The first-order valence-corrected chi connectivity index (χ1v) is 7.82. The Kier molecular flexibility index (Phi) is 4.55. The lowest BCUT2D eigenvalue weighted by atomic mass is 10.1. The van der Waals surface area contributed by atoms with E-state index in [0.29, 0.717) is 24.5 Å². The van der Waals surface area contributed by atoms with Crippen molar-refractivity contribution in [3.8, 4) is 5.75 Å². The average Bonchev–Trinajstić information content (AvgIpc) is 2.92. The van der Waals surface area contributed by atoms with E-state index < -0.39 is 18.0 Å². The summed E-state index contributed by atoms with van der Waals surface area (Å²) in [4.78, 5) is 50.4. The lowest BCUT2D eigenvalue weighted by Gasteiger charge is -2.35. The fourth-order valence-electron chi connectivity index (χ4n) is 2.90. The number of carbonyl (C=O) groups excluding carboxylic acids is 4. The van der Waals surface area contributed by atoms with Gasteiger partial charge in [-0.2, -0.15) is 0 Å². The summed E-state index contributed by atoms with van der Waals surface area (Å²) in [5.74, 6) is -0.530. The molecule has 1 aromatic carbocycles. The van der Waals surface area contributed by atoms with E-state index in [4.69, 9.17) is 4.74 Å². The number of nitrogens with zero attached hydrogens (tertiary/aromatic N) is 2. The molecule has 0 bridgehead atoms. The van der Waals surface area contributed by atoms with E-state index in [1.54, 1.807) is 17.0 Å². The number of piperazine rings is 1. The highest BCUT2D eigenvalue weighted by molar-refractivity contribution is 6.06. The lowest BCUT2D eigenvalue weighted by Crippen LogP contribution is -2.53. The van der Waals surface area contributed by atoms with E-state index in [-0.39, 0.29) is 24.8 Å². The third-order valence-corrected chi connectivity index (χ3v) is 4.19. The lowest BCUT2D eigenvalue weighted by molar-refractivity contribution is -0.138. The van der Waals surface area contributed by atoms with Gasteiger partial charge >= 0.3 is 6.03 Å². The molecule has 2 aliphatic heterocycles. The number of urea groups is 1. The Hall–Kier alpha value is -3.10. The summed E-state index contributed by atoms with van der Waals surface area (Å²) >= 11 is 0. The van der Waals surface area contributed by atoms with Gasteiger partial charge in [-0.05, 0) is 12.1 Å². The van der Waals surface area contributed by atoms with Crippen molar-refractivity contribution in [2.45, 2.75) is 12.5 Å². The number of carbonyl (C=O) groups is 4. The minimum absolute atomic E-state index is 0.0842. The smallest absolute Gasteiger partial charge is 0.322 e. The van der Waals surface area contributed by atoms with Gasteiger partial charge in [0.2, 0.25) is 11.8 Å². The predicted molar refractivity (Wildman–Crippen MR) is 87.0 cm³/mol. The first-order valence-electron chi connectivity index (χ1n) is 7.82. The molecule has 1 atom stereocenters. The fourth-order valence-corrected chi connectivity index (χ4v) is 2.90. The Morgan fingerprint density at radius 1 is 1.24 bits per heavy atom. The Balaban J connectivity index is 1.63. The zero-order chi connectivity index (χ0) is 18.0. The molecule has 3 rings (SSSR count). The van der Waals surface area contributed by atoms with E-state index in [1.807, 2.05) is 12.1 Å². The van der Waals surface area contributed by atoms with Crippen LogP contribution in [0.15, 0.2) is 24.3 Å². The highest BCUT2D eigenvalue weighted by Gasteiger charge is 2.35. The second-order valence-corrected chi connectivity index (χ2v) is 5.75. The van der Waals surface area contributed by atoms with Crippen LogP contribution in [0.5, 0.6) is 5.75 Å². The molecule has 2 saturated heterocycles. The van der Waals surface area contributed by atoms with Crippen molar-refractivity contribution in [2.24, 2.45) is 0 Å². The van der Waals surface area contributed by atoms with E-state index in [9.17, 15) is 19.2 Å². The van der Waals surface area contributed by atoms with Crippen molar-refractivity contribution < 1.29 is 23.9 Å². The summed E-state index contributed by atoms with van der Waals surface area (Å²) in [7, 11) is 1.53. The van der Waals surface area contributed by atoms with Gasteiger partial charge in [0.1, 0.15) is 18.3 Å². The van der Waals surface area contributed by atoms with E-state index in [0.717, 1.165) is 0 Å². The van der Waals surface area contributed by atoms with Crippen LogP contribution >= 0.6 is 0 Å². The van der Waals surface area contributed by atoms with Crippen LogP contribution in [-0.4, -0.2) is 61.4 Å². The van der Waals surface area contributed by atoms with Crippen LogP contribution in [0.3, 0.4) is 0 Å². The second-order valence-electron chi connectivity index (χ2n) is 5.75. The Morgan fingerprint density at radius 2 is 2.00 bits per heavy atom. The molecule has 0 unspecified atom stereocenters. The number of ether oxygens (including phenoxy) is 1. The van der Waals surface area contributed by atoms with Gasteiger partial charge < -0.3 is 19.9 Å². The fraction of sp³-hybridized carbons (Fsp3) is 0.375. The molecule has 9 heteroatoms.